The Balaban J connectivity index is 2.19. The summed E-state index contributed by atoms with van der Waals surface area (Å²) in [6.07, 6.45) is -14.1. The molecule has 0 radical (unpaired) electrons. The lowest BCUT2D eigenvalue weighted by Gasteiger charge is -2.31. The highest BCUT2D eigenvalue weighted by Gasteiger charge is 2.40. The SMILES string of the molecule is CCc1cc2c(cc1C(F)(F)F)N(C(=O)OC(C)(C)C)CCCC2N(C#N)Cc1cc(C(F)(F)F)cc(C(F)(F)F)c1. The van der Waals surface area contributed by atoms with Gasteiger partial charge in [0, 0.05) is 6.54 Å². The number of carbonyl (C=O) groups excluding carboxylic acids is 1. The number of nitriles is 1. The second-order valence-electron chi connectivity index (χ2n) is 10.9. The number of rotatable bonds is 4. The summed E-state index contributed by atoms with van der Waals surface area (Å²) in [6.45, 7) is 5.35. The van der Waals surface area contributed by atoms with Gasteiger partial charge in [-0.3, -0.25) is 9.80 Å². The first-order chi connectivity index (χ1) is 19.2. The molecule has 0 aromatic heterocycles. The van der Waals surface area contributed by atoms with Gasteiger partial charge in [-0.25, -0.2) is 4.79 Å². The van der Waals surface area contributed by atoms with Gasteiger partial charge in [0.25, 0.3) is 0 Å². The van der Waals surface area contributed by atoms with Crippen LogP contribution in [0.1, 0.15) is 80.0 Å². The van der Waals surface area contributed by atoms with Gasteiger partial charge in [-0.05, 0) is 81.0 Å². The van der Waals surface area contributed by atoms with Crippen molar-refractivity contribution in [2.24, 2.45) is 0 Å². The Morgan fingerprint density at radius 1 is 0.952 bits per heavy atom. The fourth-order valence-corrected chi connectivity index (χ4v) is 4.78. The lowest BCUT2D eigenvalue weighted by atomic mass is 9.93. The molecular formula is C28H28F9N3O2. The topological polar surface area (TPSA) is 56.6 Å². The van der Waals surface area contributed by atoms with Crippen molar-refractivity contribution in [1.29, 1.82) is 5.26 Å². The molecular weight excluding hydrogens is 581 g/mol. The number of aryl methyl sites for hydroxylation is 1. The zero-order valence-electron chi connectivity index (χ0n) is 23.1. The van der Waals surface area contributed by atoms with Crippen molar-refractivity contribution in [2.75, 3.05) is 11.4 Å². The molecule has 1 heterocycles. The molecule has 0 N–H and O–H groups in total. The maximum Gasteiger partial charge on any atom is 0.416 e. The molecule has 0 saturated heterocycles. The Kier molecular flexibility index (Phi) is 9.06. The first kappa shape index (κ1) is 32.9. The molecule has 230 valence electrons. The van der Waals surface area contributed by atoms with Crippen LogP contribution in [0.25, 0.3) is 0 Å². The van der Waals surface area contributed by atoms with Gasteiger partial charge in [0.2, 0.25) is 0 Å². The molecule has 0 spiro atoms. The van der Waals surface area contributed by atoms with E-state index in [4.69, 9.17) is 4.74 Å². The van der Waals surface area contributed by atoms with Crippen molar-refractivity contribution in [3.63, 3.8) is 0 Å². The van der Waals surface area contributed by atoms with E-state index in [1.165, 1.54) is 13.0 Å². The number of alkyl halides is 9. The summed E-state index contributed by atoms with van der Waals surface area (Å²) in [5, 5.41) is 10.00. The van der Waals surface area contributed by atoms with Crippen LogP contribution < -0.4 is 4.90 Å². The van der Waals surface area contributed by atoms with Crippen LogP contribution in [-0.4, -0.2) is 23.1 Å². The second-order valence-corrected chi connectivity index (χ2v) is 10.9. The Morgan fingerprint density at radius 2 is 1.52 bits per heavy atom. The van der Waals surface area contributed by atoms with Crippen molar-refractivity contribution in [3.05, 3.63) is 63.7 Å². The monoisotopic (exact) mass is 609 g/mol. The molecule has 2 aromatic carbocycles. The van der Waals surface area contributed by atoms with Crippen LogP contribution in [0.15, 0.2) is 30.3 Å². The van der Waals surface area contributed by atoms with Gasteiger partial charge in [0.15, 0.2) is 6.19 Å². The van der Waals surface area contributed by atoms with Gasteiger partial charge < -0.3 is 4.74 Å². The van der Waals surface area contributed by atoms with E-state index in [2.05, 4.69) is 0 Å². The summed E-state index contributed by atoms with van der Waals surface area (Å²) in [7, 11) is 0. The number of amides is 1. The highest BCUT2D eigenvalue weighted by Crippen LogP contribution is 2.44. The van der Waals surface area contributed by atoms with E-state index < -0.39 is 65.1 Å². The van der Waals surface area contributed by atoms with Gasteiger partial charge in [-0.15, -0.1) is 0 Å². The maximum absolute atomic E-state index is 14.0. The van der Waals surface area contributed by atoms with E-state index >= 15 is 0 Å². The number of benzene rings is 2. The van der Waals surface area contributed by atoms with Crippen molar-refractivity contribution in [2.45, 2.75) is 83.7 Å². The number of hydrogen-bond acceptors (Lipinski definition) is 4. The van der Waals surface area contributed by atoms with Crippen molar-refractivity contribution in [3.8, 4) is 6.19 Å². The highest BCUT2D eigenvalue weighted by atomic mass is 19.4. The summed E-state index contributed by atoms with van der Waals surface area (Å²) in [5.41, 5.74) is -5.91. The minimum absolute atomic E-state index is 0.0356. The van der Waals surface area contributed by atoms with Crippen LogP contribution in [0.2, 0.25) is 0 Å². The predicted molar refractivity (Wildman–Crippen MR) is 134 cm³/mol. The zero-order chi connectivity index (χ0) is 31.8. The standard InChI is InChI=1S/C28H28F9N3O2/c1-5-17-11-20-22(39(15-38)14-16-9-18(26(29,30)31)12-19(10-16)27(32,33)34)7-6-8-40(24(41)42-25(2,3)4)23(20)13-21(17)28(35,36)37/h9-13,22H,5-8,14H2,1-4H3. The largest absolute Gasteiger partial charge is 0.443 e. The molecule has 0 saturated carbocycles. The molecule has 2 aromatic rings. The minimum atomic E-state index is -5.11. The number of anilines is 1. The van der Waals surface area contributed by atoms with Crippen LogP contribution in [0.5, 0.6) is 0 Å². The first-order valence-electron chi connectivity index (χ1n) is 12.8. The normalized spacial score (nSPS) is 16.4. The van der Waals surface area contributed by atoms with Gasteiger partial charge in [0.05, 0.1) is 35.0 Å². The van der Waals surface area contributed by atoms with Crippen LogP contribution in [0.4, 0.5) is 50.0 Å². The fourth-order valence-electron chi connectivity index (χ4n) is 4.78. The fraction of sp³-hybridized carbons (Fsp3) is 0.500. The van der Waals surface area contributed by atoms with Gasteiger partial charge in [-0.1, -0.05) is 13.0 Å². The van der Waals surface area contributed by atoms with Gasteiger partial charge >= 0.3 is 24.6 Å². The summed E-state index contributed by atoms with van der Waals surface area (Å²) >= 11 is 0. The second kappa shape index (κ2) is 11.6. The molecule has 1 atom stereocenters. The highest BCUT2D eigenvalue weighted by molar-refractivity contribution is 5.89. The Hall–Kier alpha value is -3.63. The van der Waals surface area contributed by atoms with Crippen molar-refractivity contribution >= 4 is 11.8 Å². The molecule has 5 nitrogen and oxygen atoms in total. The number of ether oxygens (including phenoxy) is 1. The summed E-state index contributed by atoms with van der Waals surface area (Å²) in [5.74, 6) is 0. The predicted octanol–water partition coefficient (Wildman–Crippen LogP) is 8.87. The third-order valence-corrected chi connectivity index (χ3v) is 6.57. The smallest absolute Gasteiger partial charge is 0.416 e. The molecule has 1 amide bonds. The van der Waals surface area contributed by atoms with Crippen LogP contribution in [0, 0.1) is 11.5 Å². The van der Waals surface area contributed by atoms with E-state index in [0.717, 1.165) is 15.9 Å². The summed E-state index contributed by atoms with van der Waals surface area (Å²) in [4.78, 5) is 15.0. The average Bonchev–Trinajstić information content (AvgIpc) is 3.03. The summed E-state index contributed by atoms with van der Waals surface area (Å²) < 4.78 is 128. The quantitative estimate of drug-likeness (QED) is 0.197. The number of hydrogen-bond donors (Lipinski definition) is 0. The van der Waals surface area contributed by atoms with Crippen molar-refractivity contribution < 1.29 is 49.0 Å². The van der Waals surface area contributed by atoms with Gasteiger partial charge in [-0.2, -0.15) is 44.8 Å². The molecule has 3 rings (SSSR count). The lowest BCUT2D eigenvalue weighted by molar-refractivity contribution is -0.143. The van der Waals surface area contributed by atoms with E-state index in [-0.39, 0.29) is 48.7 Å². The third-order valence-electron chi connectivity index (χ3n) is 6.57. The Morgan fingerprint density at radius 3 is 1.98 bits per heavy atom. The van der Waals surface area contributed by atoms with Crippen molar-refractivity contribution in [1.82, 2.24) is 4.90 Å². The maximum atomic E-state index is 14.0. The van der Waals surface area contributed by atoms with E-state index in [9.17, 15) is 49.6 Å². The minimum Gasteiger partial charge on any atom is -0.443 e. The van der Waals surface area contributed by atoms with Gasteiger partial charge in [0.1, 0.15) is 5.60 Å². The molecule has 42 heavy (non-hydrogen) atoms. The Labute approximate surface area is 236 Å². The molecule has 14 heteroatoms. The van der Waals surface area contributed by atoms with Crippen LogP contribution in [-0.2, 0) is 36.2 Å². The zero-order valence-corrected chi connectivity index (χ0v) is 23.1. The Bertz CT molecular complexity index is 1320. The van der Waals surface area contributed by atoms with E-state index in [0.29, 0.717) is 12.1 Å². The molecule has 1 aliphatic rings. The number of carbonyl (C=O) groups is 1. The molecule has 1 unspecified atom stereocenters. The average molecular weight is 610 g/mol. The molecule has 0 fully saturated rings. The first-order valence-corrected chi connectivity index (χ1v) is 12.8. The lowest BCUT2D eigenvalue weighted by Crippen LogP contribution is -2.37. The molecule has 0 bridgehead atoms. The number of fused-ring (bicyclic) bond motifs is 1. The van der Waals surface area contributed by atoms with E-state index in [1.54, 1.807) is 27.0 Å². The molecule has 0 aliphatic carbocycles. The van der Waals surface area contributed by atoms with E-state index in [1.807, 2.05) is 0 Å². The number of nitrogens with zero attached hydrogens (tertiary/aromatic N) is 3. The van der Waals surface area contributed by atoms with Crippen LogP contribution in [0.3, 0.4) is 0 Å². The third kappa shape index (κ3) is 7.60. The molecule has 1 aliphatic heterocycles. The van der Waals surface area contributed by atoms with Crippen LogP contribution >= 0.6 is 0 Å². The number of halogens is 9. The summed E-state index contributed by atoms with van der Waals surface area (Å²) in [6, 6.07) is 1.84.